The van der Waals surface area contributed by atoms with Gasteiger partial charge in [-0.1, -0.05) is 31.1 Å². The van der Waals surface area contributed by atoms with Crippen molar-refractivity contribution in [3.8, 4) is 17.5 Å². The minimum absolute atomic E-state index is 0.0482. The Labute approximate surface area is 327 Å². The molecule has 2 amide bonds. The molecule has 3 fully saturated rings. The number of para-hydroxylation sites is 1. The Balaban J connectivity index is 1.22. The van der Waals surface area contributed by atoms with E-state index in [1.165, 1.54) is 11.2 Å². The molecule has 5 atom stereocenters. The number of carbonyl (C=O) groups excluding carboxylic acids is 4. The van der Waals surface area contributed by atoms with Crippen LogP contribution in [-0.4, -0.2) is 81.0 Å². The SMILES string of the molecule is CC(C)n1c(O[C@@H]2C[C@H]3C(=O)C[C@]4(C(=O)NS(=O)(=O)C5CC5)C[C@@H]4/C=C\CCCCC[C@H](CC(=O)OC(C)(C)C)C(=O)N3C2)nc2c(-c3ncco3)cccc21. The second-order valence-electron chi connectivity index (χ2n) is 17.2. The number of sulfonamides is 1. The molecule has 0 spiro atoms. The molecule has 2 saturated carbocycles. The zero-order valence-corrected chi connectivity index (χ0v) is 33.7. The van der Waals surface area contributed by atoms with Crippen LogP contribution in [0.2, 0.25) is 0 Å². The Morgan fingerprint density at radius 1 is 1.11 bits per heavy atom. The summed E-state index contributed by atoms with van der Waals surface area (Å²) in [5.74, 6) is -2.51. The molecule has 1 aromatic carbocycles. The number of carbonyl (C=O) groups is 4. The number of nitrogens with one attached hydrogen (secondary N) is 1. The lowest BCUT2D eigenvalue weighted by Gasteiger charge is -2.29. The van der Waals surface area contributed by atoms with Crippen molar-refractivity contribution in [3.63, 3.8) is 0 Å². The predicted octanol–water partition coefficient (Wildman–Crippen LogP) is 6.06. The molecule has 2 aliphatic heterocycles. The number of fused-ring (bicyclic) bond motifs is 3. The summed E-state index contributed by atoms with van der Waals surface area (Å²) in [4.78, 5) is 67.0. The molecule has 7 rings (SSSR count). The van der Waals surface area contributed by atoms with Gasteiger partial charge in [0.1, 0.15) is 23.5 Å². The first kappa shape index (κ1) is 39.7. The van der Waals surface area contributed by atoms with Crippen molar-refractivity contribution in [1.29, 1.82) is 0 Å². The molecule has 2 aromatic heterocycles. The number of Topliss-reactive ketones (excluding diaryl/α,β-unsaturated/α-hetero) is 1. The summed E-state index contributed by atoms with van der Waals surface area (Å²) in [7, 11) is -3.85. The number of ether oxygens (including phenoxy) is 2. The number of esters is 1. The summed E-state index contributed by atoms with van der Waals surface area (Å²) >= 11 is 0. The molecule has 1 saturated heterocycles. The van der Waals surface area contributed by atoms with Crippen LogP contribution in [0.3, 0.4) is 0 Å². The van der Waals surface area contributed by atoms with Crippen molar-refractivity contribution in [3.05, 3.63) is 42.8 Å². The minimum atomic E-state index is -3.85. The Kier molecular flexibility index (Phi) is 10.9. The molecule has 56 heavy (non-hydrogen) atoms. The molecule has 15 heteroatoms. The van der Waals surface area contributed by atoms with Crippen LogP contribution in [0, 0.1) is 17.3 Å². The van der Waals surface area contributed by atoms with Crippen LogP contribution in [0.25, 0.3) is 22.5 Å². The zero-order valence-electron chi connectivity index (χ0n) is 32.9. The lowest BCUT2D eigenvalue weighted by molar-refractivity contribution is -0.159. The maximum absolute atomic E-state index is 14.7. The second-order valence-corrected chi connectivity index (χ2v) is 19.2. The lowest BCUT2D eigenvalue weighted by Crippen LogP contribution is -2.46. The van der Waals surface area contributed by atoms with Crippen molar-refractivity contribution >= 4 is 44.6 Å². The monoisotopic (exact) mass is 791 g/mol. The lowest BCUT2D eigenvalue weighted by atomic mass is 9.90. The molecule has 2 aliphatic carbocycles. The first-order chi connectivity index (χ1) is 26.6. The van der Waals surface area contributed by atoms with Gasteiger partial charge in [0.05, 0.1) is 46.9 Å². The number of oxazole rings is 1. The Hall–Kier alpha value is -4.53. The predicted molar refractivity (Wildman–Crippen MR) is 207 cm³/mol. The van der Waals surface area contributed by atoms with Crippen molar-refractivity contribution in [1.82, 2.24) is 24.2 Å². The fourth-order valence-corrected chi connectivity index (χ4v) is 9.65. The van der Waals surface area contributed by atoms with Gasteiger partial charge in [-0.15, -0.1) is 0 Å². The van der Waals surface area contributed by atoms with Gasteiger partial charge in [0.2, 0.25) is 27.7 Å². The number of nitrogens with zero attached hydrogens (tertiary/aromatic N) is 4. The fourth-order valence-electron chi connectivity index (χ4n) is 8.26. The molecule has 0 unspecified atom stereocenters. The van der Waals surface area contributed by atoms with E-state index >= 15 is 0 Å². The number of rotatable bonds is 9. The highest BCUT2D eigenvalue weighted by Crippen LogP contribution is 2.57. The highest BCUT2D eigenvalue weighted by Gasteiger charge is 2.61. The summed E-state index contributed by atoms with van der Waals surface area (Å²) in [6, 6.07) is 4.94. The summed E-state index contributed by atoms with van der Waals surface area (Å²) in [6.45, 7) is 9.39. The maximum atomic E-state index is 14.7. The molecule has 14 nitrogen and oxygen atoms in total. The molecule has 3 aromatic rings. The maximum Gasteiger partial charge on any atom is 0.307 e. The summed E-state index contributed by atoms with van der Waals surface area (Å²) in [6.07, 6.45) is 10.9. The molecule has 4 heterocycles. The van der Waals surface area contributed by atoms with Gasteiger partial charge < -0.3 is 18.8 Å². The van der Waals surface area contributed by atoms with Gasteiger partial charge in [-0.2, -0.15) is 4.98 Å². The molecule has 4 aliphatic rings. The number of ketones is 1. The summed E-state index contributed by atoms with van der Waals surface area (Å²) in [5.41, 5.74) is 0.116. The molecule has 0 bridgehead atoms. The standard InChI is InChI=1S/C41H53N5O9S/c1-25(2)46-31-15-11-14-30(36-42-18-19-53-36)35(31)43-39(46)54-28-21-32-33(47)23-41(38(50)44-56(51,52)29-16-17-29)22-27(41)13-10-8-6-7-9-12-26(37(49)45(32)24-28)20-34(48)55-40(3,4)5/h10-11,13-15,18-19,25-29,32H,6-9,12,16-17,20-24H2,1-5H3,(H,44,50)/b13-10-/t26-,27+,28-,32+,41-/m1/s1. The van der Waals surface area contributed by atoms with E-state index in [0.29, 0.717) is 55.1 Å². The van der Waals surface area contributed by atoms with Gasteiger partial charge in [-0.05, 0) is 91.2 Å². The van der Waals surface area contributed by atoms with Crippen LogP contribution in [0.5, 0.6) is 6.01 Å². The normalized spacial score (nSPS) is 26.9. The topological polar surface area (TPSA) is 180 Å². The van der Waals surface area contributed by atoms with Crippen LogP contribution in [0.4, 0.5) is 0 Å². The highest BCUT2D eigenvalue weighted by molar-refractivity contribution is 7.90. The summed E-state index contributed by atoms with van der Waals surface area (Å²) < 4.78 is 48.0. The van der Waals surface area contributed by atoms with E-state index in [2.05, 4.69) is 9.71 Å². The molecule has 0 radical (unpaired) electrons. The number of benzene rings is 1. The Morgan fingerprint density at radius 3 is 2.59 bits per heavy atom. The number of imidazole rings is 1. The van der Waals surface area contributed by atoms with Gasteiger partial charge in [-0.25, -0.2) is 13.4 Å². The number of hydrogen-bond donors (Lipinski definition) is 1. The van der Waals surface area contributed by atoms with Gasteiger partial charge >= 0.3 is 5.97 Å². The number of amides is 2. The van der Waals surface area contributed by atoms with Gasteiger partial charge in [-0.3, -0.25) is 28.5 Å². The van der Waals surface area contributed by atoms with E-state index in [9.17, 15) is 27.6 Å². The number of hydrogen-bond acceptors (Lipinski definition) is 11. The van der Waals surface area contributed by atoms with Crippen molar-refractivity contribution in [2.24, 2.45) is 17.3 Å². The van der Waals surface area contributed by atoms with E-state index in [1.54, 1.807) is 27.0 Å². The molecular weight excluding hydrogens is 739 g/mol. The van der Waals surface area contributed by atoms with Crippen LogP contribution < -0.4 is 9.46 Å². The zero-order chi connectivity index (χ0) is 40.0. The third-order valence-corrected chi connectivity index (χ3v) is 13.1. The smallest absolute Gasteiger partial charge is 0.307 e. The molecular formula is C41H53N5O9S. The summed E-state index contributed by atoms with van der Waals surface area (Å²) in [5, 5.41) is -0.599. The first-order valence-electron chi connectivity index (χ1n) is 19.9. The average Bonchev–Trinajstić information content (AvgIpc) is 3.91. The minimum Gasteiger partial charge on any atom is -0.460 e. The van der Waals surface area contributed by atoms with Gasteiger partial charge in [0.25, 0.3) is 6.01 Å². The van der Waals surface area contributed by atoms with Crippen molar-refractivity contribution < 1.29 is 41.5 Å². The Bertz CT molecular complexity index is 2110. The molecule has 1 N–H and O–H groups in total. The van der Waals surface area contributed by atoms with Crippen molar-refractivity contribution in [2.45, 2.75) is 134 Å². The second kappa shape index (κ2) is 15.4. The van der Waals surface area contributed by atoms with E-state index in [0.717, 1.165) is 24.8 Å². The quantitative estimate of drug-likeness (QED) is 0.197. The van der Waals surface area contributed by atoms with Crippen LogP contribution >= 0.6 is 0 Å². The third-order valence-electron chi connectivity index (χ3n) is 11.3. The molecule has 302 valence electrons. The van der Waals surface area contributed by atoms with Crippen molar-refractivity contribution in [2.75, 3.05) is 6.54 Å². The number of allylic oxidation sites excluding steroid dienone is 2. The Morgan fingerprint density at radius 2 is 1.89 bits per heavy atom. The largest absolute Gasteiger partial charge is 0.460 e. The van der Waals surface area contributed by atoms with Crippen LogP contribution in [0.15, 0.2) is 47.2 Å². The number of aromatic nitrogens is 3. The first-order valence-corrected chi connectivity index (χ1v) is 21.5. The highest BCUT2D eigenvalue weighted by atomic mass is 32.2. The van der Waals surface area contributed by atoms with Crippen LogP contribution in [-0.2, 0) is 33.9 Å². The van der Waals surface area contributed by atoms with Crippen LogP contribution in [0.1, 0.15) is 111 Å². The fraction of sp³-hybridized carbons (Fsp3) is 0.610. The van der Waals surface area contributed by atoms with Gasteiger partial charge in [0.15, 0.2) is 5.78 Å². The average molecular weight is 792 g/mol. The van der Waals surface area contributed by atoms with E-state index in [-0.39, 0.29) is 49.5 Å². The van der Waals surface area contributed by atoms with E-state index < -0.39 is 56.2 Å². The van der Waals surface area contributed by atoms with E-state index in [4.69, 9.17) is 18.9 Å². The van der Waals surface area contributed by atoms with E-state index in [1.807, 2.05) is 48.8 Å². The third kappa shape index (κ3) is 8.42. The van der Waals surface area contributed by atoms with Gasteiger partial charge in [0, 0.05) is 24.8 Å².